The van der Waals surface area contributed by atoms with Crippen LogP contribution in [0, 0.1) is 6.92 Å². The number of fused-ring (bicyclic) bond motifs is 1. The van der Waals surface area contributed by atoms with Crippen LogP contribution in [-0.4, -0.2) is 57.5 Å². The number of sulfonamides is 1. The number of amides is 2. The van der Waals surface area contributed by atoms with Gasteiger partial charge in [0.05, 0.1) is 10.6 Å². The number of likely N-dealkylation sites (N-methyl/N-ethyl adjacent to an activating group) is 1. The molecule has 0 saturated carbocycles. The highest BCUT2D eigenvalue weighted by atomic mass is 32.2. The summed E-state index contributed by atoms with van der Waals surface area (Å²) in [7, 11) is -4.16. The first kappa shape index (κ1) is 28.9. The van der Waals surface area contributed by atoms with Gasteiger partial charge in [0.15, 0.2) is 11.5 Å². The van der Waals surface area contributed by atoms with Gasteiger partial charge in [0.2, 0.25) is 11.8 Å². The third kappa shape index (κ3) is 6.39. The molecule has 1 atom stereocenters. The van der Waals surface area contributed by atoms with Gasteiger partial charge in [-0.2, -0.15) is 0 Å². The van der Waals surface area contributed by atoms with Gasteiger partial charge in [-0.05, 0) is 55.7 Å². The van der Waals surface area contributed by atoms with Crippen molar-refractivity contribution in [1.82, 2.24) is 10.2 Å². The zero-order valence-corrected chi connectivity index (χ0v) is 23.8. The van der Waals surface area contributed by atoms with Crippen molar-refractivity contribution in [3.63, 3.8) is 0 Å². The molecule has 9 nitrogen and oxygen atoms in total. The molecule has 4 rings (SSSR count). The van der Waals surface area contributed by atoms with E-state index in [-0.39, 0.29) is 23.0 Å². The first-order valence-corrected chi connectivity index (χ1v) is 14.8. The van der Waals surface area contributed by atoms with Crippen molar-refractivity contribution in [2.75, 3.05) is 30.6 Å². The zero-order chi connectivity index (χ0) is 28.7. The number of carbonyl (C=O) groups excluding carboxylic acids is 2. The Hall–Kier alpha value is -4.05. The number of anilines is 1. The van der Waals surface area contributed by atoms with E-state index < -0.39 is 28.5 Å². The minimum Gasteiger partial charge on any atom is -0.486 e. The first-order chi connectivity index (χ1) is 19.3. The lowest BCUT2D eigenvalue weighted by Crippen LogP contribution is -2.52. The predicted octanol–water partition coefficient (Wildman–Crippen LogP) is 3.91. The van der Waals surface area contributed by atoms with Crippen molar-refractivity contribution >= 4 is 27.5 Å². The van der Waals surface area contributed by atoms with E-state index in [0.29, 0.717) is 37.7 Å². The highest BCUT2D eigenvalue weighted by Crippen LogP contribution is 2.36. The Labute approximate surface area is 235 Å². The van der Waals surface area contributed by atoms with Crippen LogP contribution in [0.2, 0.25) is 0 Å². The van der Waals surface area contributed by atoms with Crippen LogP contribution in [0.1, 0.15) is 31.4 Å². The molecule has 1 aliphatic heterocycles. The van der Waals surface area contributed by atoms with E-state index in [2.05, 4.69) is 5.32 Å². The number of nitrogens with zero attached hydrogens (tertiary/aromatic N) is 2. The Morgan fingerprint density at radius 1 is 0.925 bits per heavy atom. The van der Waals surface area contributed by atoms with E-state index in [1.54, 1.807) is 36.4 Å². The van der Waals surface area contributed by atoms with Gasteiger partial charge < -0.3 is 19.7 Å². The van der Waals surface area contributed by atoms with E-state index in [0.717, 1.165) is 15.4 Å². The van der Waals surface area contributed by atoms with Crippen LogP contribution in [0.3, 0.4) is 0 Å². The standard InChI is InChI=1S/C30H35N3O6S/c1-4-26(30(35)31-5-2)32(20-23-12-10-9-11-22(23)3)29(34)21-33(40(36,37)25-13-7-6-8-14-25)24-15-16-27-28(19-24)39-18-17-38-27/h6-16,19,26H,4-5,17-18,20-21H2,1-3H3,(H,31,35)/t26-/m1/s1. The summed E-state index contributed by atoms with van der Waals surface area (Å²) in [6, 6.07) is 19.6. The molecule has 40 heavy (non-hydrogen) atoms. The smallest absolute Gasteiger partial charge is 0.264 e. The monoisotopic (exact) mass is 565 g/mol. The van der Waals surface area contributed by atoms with Crippen molar-refractivity contribution < 1.29 is 27.5 Å². The molecule has 3 aromatic carbocycles. The molecular formula is C30H35N3O6S. The largest absolute Gasteiger partial charge is 0.486 e. The normalized spacial score (nSPS) is 13.3. The summed E-state index contributed by atoms with van der Waals surface area (Å²) < 4.78 is 40.3. The minimum absolute atomic E-state index is 0.0407. The summed E-state index contributed by atoms with van der Waals surface area (Å²) in [5.74, 6) is 0.108. The molecule has 1 aliphatic rings. The van der Waals surface area contributed by atoms with Crippen molar-refractivity contribution in [2.24, 2.45) is 0 Å². The minimum atomic E-state index is -4.16. The molecule has 0 saturated heterocycles. The van der Waals surface area contributed by atoms with E-state index >= 15 is 0 Å². The lowest BCUT2D eigenvalue weighted by molar-refractivity contribution is -0.140. The van der Waals surface area contributed by atoms with Gasteiger partial charge >= 0.3 is 0 Å². The highest BCUT2D eigenvalue weighted by molar-refractivity contribution is 7.92. The molecule has 0 radical (unpaired) electrons. The number of hydrogen-bond acceptors (Lipinski definition) is 6. The molecule has 0 aromatic heterocycles. The number of hydrogen-bond donors (Lipinski definition) is 1. The van der Waals surface area contributed by atoms with Gasteiger partial charge in [0, 0.05) is 19.2 Å². The zero-order valence-electron chi connectivity index (χ0n) is 23.0. The van der Waals surface area contributed by atoms with Gasteiger partial charge in [0.25, 0.3) is 10.0 Å². The Kier molecular flexibility index (Phi) is 9.31. The second-order valence-electron chi connectivity index (χ2n) is 9.42. The number of ether oxygens (including phenoxy) is 2. The average Bonchev–Trinajstić information content (AvgIpc) is 2.97. The van der Waals surface area contributed by atoms with E-state index in [4.69, 9.17) is 9.47 Å². The topological polar surface area (TPSA) is 105 Å². The third-order valence-electron chi connectivity index (χ3n) is 6.76. The van der Waals surface area contributed by atoms with E-state index in [9.17, 15) is 18.0 Å². The molecule has 1 N–H and O–H groups in total. The van der Waals surface area contributed by atoms with Crippen LogP contribution < -0.4 is 19.1 Å². The van der Waals surface area contributed by atoms with Crippen LogP contribution >= 0.6 is 0 Å². The Morgan fingerprint density at radius 2 is 1.60 bits per heavy atom. The molecule has 0 spiro atoms. The van der Waals surface area contributed by atoms with E-state index in [1.807, 2.05) is 45.0 Å². The van der Waals surface area contributed by atoms with Crippen LogP contribution in [-0.2, 0) is 26.2 Å². The SMILES string of the molecule is CCNC(=O)[C@@H](CC)N(Cc1ccccc1C)C(=O)CN(c1ccc2c(c1)OCCO2)S(=O)(=O)c1ccccc1. The van der Waals surface area contributed by atoms with Gasteiger partial charge in [0.1, 0.15) is 25.8 Å². The Balaban J connectivity index is 1.76. The maximum Gasteiger partial charge on any atom is 0.264 e. The molecule has 10 heteroatoms. The van der Waals surface area contributed by atoms with Gasteiger partial charge in [-0.25, -0.2) is 8.42 Å². The van der Waals surface area contributed by atoms with Gasteiger partial charge in [-0.15, -0.1) is 0 Å². The molecular weight excluding hydrogens is 530 g/mol. The Bertz CT molecular complexity index is 1440. The summed E-state index contributed by atoms with van der Waals surface area (Å²) in [5.41, 5.74) is 2.09. The summed E-state index contributed by atoms with van der Waals surface area (Å²) in [6.45, 7) is 6.35. The van der Waals surface area contributed by atoms with E-state index in [1.165, 1.54) is 17.0 Å². The van der Waals surface area contributed by atoms with Crippen LogP contribution in [0.25, 0.3) is 0 Å². The quantitative estimate of drug-likeness (QED) is 0.378. The van der Waals surface area contributed by atoms with Crippen molar-refractivity contribution in [3.05, 3.63) is 83.9 Å². The summed E-state index contributed by atoms with van der Waals surface area (Å²) in [5, 5.41) is 2.81. The molecule has 2 amide bonds. The molecule has 212 valence electrons. The first-order valence-electron chi connectivity index (χ1n) is 13.3. The van der Waals surface area contributed by atoms with Crippen molar-refractivity contribution in [2.45, 2.75) is 44.7 Å². The number of rotatable bonds is 11. The van der Waals surface area contributed by atoms with Gasteiger partial charge in [-0.1, -0.05) is 49.4 Å². The molecule has 0 bridgehead atoms. The number of nitrogens with one attached hydrogen (secondary N) is 1. The molecule has 0 unspecified atom stereocenters. The maximum atomic E-state index is 14.1. The second kappa shape index (κ2) is 12.9. The summed E-state index contributed by atoms with van der Waals surface area (Å²) >= 11 is 0. The van der Waals surface area contributed by atoms with Crippen molar-refractivity contribution in [1.29, 1.82) is 0 Å². The lowest BCUT2D eigenvalue weighted by atomic mass is 10.1. The maximum absolute atomic E-state index is 14.1. The Morgan fingerprint density at radius 3 is 2.27 bits per heavy atom. The number of carbonyl (C=O) groups is 2. The molecule has 1 heterocycles. The second-order valence-corrected chi connectivity index (χ2v) is 11.3. The van der Waals surface area contributed by atoms with Gasteiger partial charge in [-0.3, -0.25) is 13.9 Å². The fourth-order valence-electron chi connectivity index (χ4n) is 4.62. The number of aryl methyl sites for hydroxylation is 1. The number of benzene rings is 3. The average molecular weight is 566 g/mol. The van der Waals surface area contributed by atoms with Crippen molar-refractivity contribution in [3.8, 4) is 11.5 Å². The van der Waals surface area contributed by atoms with Crippen LogP contribution in [0.4, 0.5) is 5.69 Å². The lowest BCUT2D eigenvalue weighted by Gasteiger charge is -2.33. The third-order valence-corrected chi connectivity index (χ3v) is 8.55. The van der Waals surface area contributed by atoms with Crippen LogP contribution in [0.5, 0.6) is 11.5 Å². The molecule has 0 fully saturated rings. The predicted molar refractivity (Wildman–Crippen MR) is 153 cm³/mol. The fraction of sp³-hybridized carbons (Fsp3) is 0.333. The molecule has 0 aliphatic carbocycles. The fourth-order valence-corrected chi connectivity index (χ4v) is 6.05. The highest BCUT2D eigenvalue weighted by Gasteiger charge is 2.34. The molecule has 3 aromatic rings. The summed E-state index contributed by atoms with van der Waals surface area (Å²) in [4.78, 5) is 28.7. The summed E-state index contributed by atoms with van der Waals surface area (Å²) in [6.07, 6.45) is 0.360. The van der Waals surface area contributed by atoms with Crippen LogP contribution in [0.15, 0.2) is 77.7 Å².